The van der Waals surface area contributed by atoms with Crippen LogP contribution >= 0.6 is 0 Å². The van der Waals surface area contributed by atoms with Gasteiger partial charge >= 0.3 is 0 Å². The SMILES string of the molecule is COc1ccc(Oc2ccc(C(=O)N3CCN(C(C)(C)CC(C)(C)Oc4cc5c(cc4OC)C(=O)N4CCCC4C=N5)CC3)cc2F)cc1. The van der Waals surface area contributed by atoms with Gasteiger partial charge in [-0.3, -0.25) is 19.5 Å². The van der Waals surface area contributed by atoms with Crippen molar-refractivity contribution in [2.45, 2.75) is 64.1 Å². The first-order chi connectivity index (χ1) is 23.4. The first-order valence-electron chi connectivity index (χ1n) is 16.8. The maximum Gasteiger partial charge on any atom is 0.256 e. The van der Waals surface area contributed by atoms with E-state index in [4.69, 9.17) is 18.9 Å². The summed E-state index contributed by atoms with van der Waals surface area (Å²) in [4.78, 5) is 37.3. The Morgan fingerprint density at radius 1 is 0.878 bits per heavy atom. The second-order valence-corrected chi connectivity index (χ2v) is 14.1. The van der Waals surface area contributed by atoms with Crippen molar-refractivity contribution < 1.29 is 32.9 Å². The number of aliphatic imine (C=N–C) groups is 1. The average molecular weight is 673 g/mol. The molecule has 10 nitrogen and oxygen atoms in total. The fourth-order valence-electron chi connectivity index (χ4n) is 7.26. The predicted molar refractivity (Wildman–Crippen MR) is 186 cm³/mol. The van der Waals surface area contributed by atoms with Crippen LogP contribution in [0.2, 0.25) is 0 Å². The number of hydrogen-bond donors (Lipinski definition) is 0. The molecule has 0 spiro atoms. The lowest BCUT2D eigenvalue weighted by molar-refractivity contribution is -0.00472. The van der Waals surface area contributed by atoms with Crippen LogP contribution in [0.4, 0.5) is 10.1 Å². The van der Waals surface area contributed by atoms with Gasteiger partial charge in [-0.05, 0) is 89.1 Å². The summed E-state index contributed by atoms with van der Waals surface area (Å²) in [6.45, 7) is 11.5. The number of amides is 2. The molecule has 3 aromatic carbocycles. The third-order valence-electron chi connectivity index (χ3n) is 9.59. The predicted octanol–water partition coefficient (Wildman–Crippen LogP) is 6.74. The van der Waals surface area contributed by atoms with E-state index < -0.39 is 11.4 Å². The number of ether oxygens (including phenoxy) is 4. The zero-order chi connectivity index (χ0) is 34.9. The highest BCUT2D eigenvalue weighted by atomic mass is 19.1. The highest BCUT2D eigenvalue weighted by Crippen LogP contribution is 2.41. The largest absolute Gasteiger partial charge is 0.497 e. The zero-order valence-corrected chi connectivity index (χ0v) is 29.1. The van der Waals surface area contributed by atoms with E-state index in [-0.39, 0.29) is 34.7 Å². The number of halogens is 1. The quantitative estimate of drug-likeness (QED) is 0.236. The van der Waals surface area contributed by atoms with Crippen LogP contribution in [0.3, 0.4) is 0 Å². The van der Waals surface area contributed by atoms with Crippen molar-refractivity contribution in [1.82, 2.24) is 14.7 Å². The van der Waals surface area contributed by atoms with Gasteiger partial charge in [0.05, 0.1) is 31.5 Å². The molecule has 260 valence electrons. The van der Waals surface area contributed by atoms with E-state index in [2.05, 4.69) is 23.7 Å². The van der Waals surface area contributed by atoms with Crippen molar-refractivity contribution in [3.8, 4) is 28.7 Å². The van der Waals surface area contributed by atoms with E-state index in [1.165, 1.54) is 12.1 Å². The lowest BCUT2D eigenvalue weighted by Gasteiger charge is -2.47. The molecule has 49 heavy (non-hydrogen) atoms. The molecule has 1 atom stereocenters. The van der Waals surface area contributed by atoms with Gasteiger partial charge in [-0.2, -0.15) is 0 Å². The van der Waals surface area contributed by atoms with E-state index in [1.807, 2.05) is 31.0 Å². The molecule has 0 N–H and O–H groups in total. The maximum atomic E-state index is 15.0. The lowest BCUT2D eigenvalue weighted by atomic mass is 9.87. The molecular weight excluding hydrogens is 627 g/mol. The second-order valence-electron chi connectivity index (χ2n) is 14.1. The topological polar surface area (TPSA) is 93.1 Å². The van der Waals surface area contributed by atoms with Gasteiger partial charge in [0.25, 0.3) is 11.8 Å². The molecule has 3 aliphatic rings. The minimum absolute atomic E-state index is 0.0234. The van der Waals surface area contributed by atoms with Crippen molar-refractivity contribution in [2.75, 3.05) is 46.9 Å². The molecule has 0 aromatic heterocycles. The normalized spacial score (nSPS) is 18.1. The average Bonchev–Trinajstić information content (AvgIpc) is 3.51. The maximum absolute atomic E-state index is 15.0. The molecule has 0 aliphatic carbocycles. The molecule has 11 heteroatoms. The van der Waals surface area contributed by atoms with E-state index in [0.29, 0.717) is 66.8 Å². The Morgan fingerprint density at radius 2 is 1.59 bits per heavy atom. The summed E-state index contributed by atoms with van der Waals surface area (Å²) in [6.07, 6.45) is 4.44. The van der Waals surface area contributed by atoms with Gasteiger partial charge in [0.1, 0.15) is 17.1 Å². The number of methoxy groups -OCH3 is 2. The van der Waals surface area contributed by atoms with Crippen LogP contribution in [0.1, 0.15) is 67.7 Å². The van der Waals surface area contributed by atoms with Gasteiger partial charge in [0, 0.05) is 62.5 Å². The van der Waals surface area contributed by atoms with Crippen molar-refractivity contribution in [1.29, 1.82) is 0 Å². The van der Waals surface area contributed by atoms with E-state index in [9.17, 15) is 14.0 Å². The summed E-state index contributed by atoms with van der Waals surface area (Å²) in [5.74, 6) is 1.37. The summed E-state index contributed by atoms with van der Waals surface area (Å²) in [5.41, 5.74) is 0.510. The molecule has 2 saturated heterocycles. The number of fused-ring (bicyclic) bond motifs is 2. The third-order valence-corrected chi connectivity index (χ3v) is 9.59. The Hall–Kier alpha value is -4.64. The van der Waals surface area contributed by atoms with Crippen LogP contribution in [-0.2, 0) is 0 Å². The van der Waals surface area contributed by atoms with Crippen LogP contribution in [0.15, 0.2) is 59.6 Å². The summed E-state index contributed by atoms with van der Waals surface area (Å²) in [6, 6.07) is 14.7. The lowest BCUT2D eigenvalue weighted by Crippen LogP contribution is -2.57. The number of hydrogen-bond acceptors (Lipinski definition) is 8. The minimum atomic E-state index is -0.608. The van der Waals surface area contributed by atoms with Gasteiger partial charge in [0.2, 0.25) is 0 Å². The molecule has 2 amide bonds. The van der Waals surface area contributed by atoms with Crippen LogP contribution in [-0.4, -0.2) is 96.9 Å². The molecule has 2 fully saturated rings. The van der Waals surface area contributed by atoms with Gasteiger partial charge in [-0.25, -0.2) is 4.39 Å². The Kier molecular flexibility index (Phi) is 9.57. The molecule has 3 aromatic rings. The minimum Gasteiger partial charge on any atom is -0.497 e. The van der Waals surface area contributed by atoms with Crippen LogP contribution in [0.25, 0.3) is 0 Å². The van der Waals surface area contributed by atoms with Crippen molar-refractivity contribution in [3.63, 3.8) is 0 Å². The second kappa shape index (κ2) is 13.7. The number of carbonyl (C=O) groups excluding carboxylic acids is 2. The molecule has 0 radical (unpaired) electrons. The van der Waals surface area contributed by atoms with Crippen molar-refractivity contribution in [3.05, 3.63) is 71.5 Å². The molecule has 0 bridgehead atoms. The third kappa shape index (κ3) is 7.36. The molecular formula is C38H45FN4O6. The summed E-state index contributed by atoms with van der Waals surface area (Å²) in [7, 11) is 3.15. The zero-order valence-electron chi connectivity index (χ0n) is 29.1. The van der Waals surface area contributed by atoms with Crippen molar-refractivity contribution in [2.24, 2.45) is 4.99 Å². The number of carbonyl (C=O) groups is 2. The molecule has 3 heterocycles. The fraction of sp³-hybridized carbons (Fsp3) is 0.447. The highest BCUT2D eigenvalue weighted by Gasteiger charge is 2.38. The highest BCUT2D eigenvalue weighted by molar-refractivity contribution is 6.03. The Balaban J connectivity index is 1.07. The van der Waals surface area contributed by atoms with Gasteiger partial charge < -0.3 is 28.7 Å². The Morgan fingerprint density at radius 3 is 2.27 bits per heavy atom. The number of nitrogens with zero attached hydrogens (tertiary/aromatic N) is 4. The van der Waals surface area contributed by atoms with Crippen LogP contribution in [0, 0.1) is 5.82 Å². The summed E-state index contributed by atoms with van der Waals surface area (Å²) >= 11 is 0. The van der Waals surface area contributed by atoms with Crippen LogP contribution in [0.5, 0.6) is 28.7 Å². The first-order valence-corrected chi connectivity index (χ1v) is 16.8. The van der Waals surface area contributed by atoms with Crippen molar-refractivity contribution >= 4 is 23.7 Å². The monoisotopic (exact) mass is 672 g/mol. The molecule has 0 saturated carbocycles. The molecule has 1 unspecified atom stereocenters. The summed E-state index contributed by atoms with van der Waals surface area (Å²) in [5, 5.41) is 0. The Labute approximate surface area is 287 Å². The first kappa shape index (κ1) is 34.2. The van der Waals surface area contributed by atoms with Crippen LogP contribution < -0.4 is 18.9 Å². The molecule has 6 rings (SSSR count). The van der Waals surface area contributed by atoms with Gasteiger partial charge in [0.15, 0.2) is 23.1 Å². The van der Waals surface area contributed by atoms with E-state index in [0.717, 1.165) is 19.4 Å². The summed E-state index contributed by atoms with van der Waals surface area (Å²) < 4.78 is 38.1. The number of rotatable bonds is 10. The fourth-order valence-corrected chi connectivity index (χ4v) is 7.26. The van der Waals surface area contributed by atoms with Gasteiger partial charge in [-0.15, -0.1) is 0 Å². The van der Waals surface area contributed by atoms with E-state index >= 15 is 0 Å². The standard InChI is InChI=1S/C38H45FN4O6/c1-37(2,24-38(3,4)49-34-22-31-29(21-33(34)47-6)36(45)43-15-7-8-26(43)23-40-31)42-18-16-41(17-19-42)35(44)25-9-14-32(30(39)20-25)48-28-12-10-27(46-5)11-13-28/h9-14,20-23,26H,7-8,15-19,24H2,1-6H3. The van der Waals surface area contributed by atoms with E-state index in [1.54, 1.807) is 55.5 Å². The Bertz CT molecular complexity index is 1730. The number of benzene rings is 3. The molecule has 3 aliphatic heterocycles. The van der Waals surface area contributed by atoms with Gasteiger partial charge in [-0.1, -0.05) is 0 Å². The smallest absolute Gasteiger partial charge is 0.256 e. The number of piperazine rings is 1.